The van der Waals surface area contributed by atoms with E-state index in [1.807, 2.05) is 35.7 Å². The van der Waals surface area contributed by atoms with Gasteiger partial charge in [0.15, 0.2) is 0 Å². The predicted molar refractivity (Wildman–Crippen MR) is 90.4 cm³/mol. The van der Waals surface area contributed by atoms with Crippen molar-refractivity contribution in [1.29, 1.82) is 0 Å². The average molecular weight is 327 g/mol. The van der Waals surface area contributed by atoms with Gasteiger partial charge in [0.05, 0.1) is 13.2 Å². The van der Waals surface area contributed by atoms with Crippen LogP contribution in [0.3, 0.4) is 0 Å². The van der Waals surface area contributed by atoms with Crippen molar-refractivity contribution in [2.24, 2.45) is 0 Å². The number of benzene rings is 1. The van der Waals surface area contributed by atoms with E-state index in [0.717, 1.165) is 11.3 Å². The van der Waals surface area contributed by atoms with E-state index in [4.69, 9.17) is 4.74 Å². The van der Waals surface area contributed by atoms with Gasteiger partial charge in [-0.1, -0.05) is 18.2 Å². The smallest absolute Gasteiger partial charge is 0.238 e. The number of hydrogen-bond acceptors (Lipinski definition) is 4. The Bertz CT molecular complexity index is 546. The number of hydrogen-bond donors (Lipinski definition) is 2. The second kappa shape index (κ2) is 9.52. The first-order chi connectivity index (χ1) is 9.79. The quantitative estimate of drug-likeness (QED) is 0.769. The first kappa shape index (κ1) is 17.7. The highest BCUT2D eigenvalue weighted by Crippen LogP contribution is 2.26. The van der Waals surface area contributed by atoms with Gasteiger partial charge >= 0.3 is 0 Å². The van der Waals surface area contributed by atoms with Crippen LogP contribution < -0.4 is 10.6 Å². The predicted octanol–water partition coefficient (Wildman–Crippen LogP) is 3.01. The molecule has 114 valence electrons. The molecule has 2 aromatic rings. The van der Waals surface area contributed by atoms with Crippen molar-refractivity contribution in [3.63, 3.8) is 0 Å². The van der Waals surface area contributed by atoms with E-state index in [2.05, 4.69) is 16.7 Å². The zero-order valence-corrected chi connectivity index (χ0v) is 13.4. The Kier molecular flexibility index (Phi) is 8.00. The van der Waals surface area contributed by atoms with Crippen LogP contribution in [0.25, 0.3) is 10.4 Å². The minimum atomic E-state index is -0.0515. The molecule has 0 aliphatic heterocycles. The third-order valence-electron chi connectivity index (χ3n) is 2.72. The molecule has 2 rings (SSSR count). The van der Waals surface area contributed by atoms with Gasteiger partial charge in [0.25, 0.3) is 0 Å². The molecule has 0 aliphatic carbocycles. The summed E-state index contributed by atoms with van der Waals surface area (Å²) in [5, 5.41) is 7.94. The zero-order chi connectivity index (χ0) is 14.2. The highest BCUT2D eigenvalue weighted by atomic mass is 35.5. The highest BCUT2D eigenvalue weighted by molar-refractivity contribution is 7.13. The molecular formula is C15H19ClN2O2S. The van der Waals surface area contributed by atoms with Gasteiger partial charge in [0.2, 0.25) is 5.91 Å². The van der Waals surface area contributed by atoms with Crippen LogP contribution in [0.4, 0.5) is 5.69 Å². The molecule has 0 aliphatic rings. The van der Waals surface area contributed by atoms with Gasteiger partial charge in [-0.3, -0.25) is 4.79 Å². The number of thiophene rings is 1. The van der Waals surface area contributed by atoms with Crippen LogP contribution in [0.2, 0.25) is 0 Å². The Morgan fingerprint density at radius 3 is 2.86 bits per heavy atom. The number of methoxy groups -OCH3 is 1. The van der Waals surface area contributed by atoms with E-state index in [9.17, 15) is 4.79 Å². The number of ether oxygens (including phenoxy) is 1. The van der Waals surface area contributed by atoms with Crippen LogP contribution in [0.1, 0.15) is 0 Å². The van der Waals surface area contributed by atoms with E-state index >= 15 is 0 Å². The van der Waals surface area contributed by atoms with Crippen molar-refractivity contribution in [1.82, 2.24) is 5.32 Å². The number of anilines is 1. The van der Waals surface area contributed by atoms with E-state index in [1.54, 1.807) is 18.4 Å². The maximum Gasteiger partial charge on any atom is 0.238 e. The van der Waals surface area contributed by atoms with Crippen LogP contribution in [-0.4, -0.2) is 32.7 Å². The summed E-state index contributed by atoms with van der Waals surface area (Å²) in [5.41, 5.74) is 1.93. The van der Waals surface area contributed by atoms with Gasteiger partial charge in [-0.05, 0) is 29.1 Å². The van der Waals surface area contributed by atoms with Gasteiger partial charge in [-0.25, -0.2) is 0 Å². The summed E-state index contributed by atoms with van der Waals surface area (Å²) in [5.74, 6) is -0.0515. The first-order valence-electron chi connectivity index (χ1n) is 6.43. The fourth-order valence-electron chi connectivity index (χ4n) is 1.77. The highest BCUT2D eigenvalue weighted by Gasteiger charge is 2.04. The lowest BCUT2D eigenvalue weighted by atomic mass is 10.1. The lowest BCUT2D eigenvalue weighted by Gasteiger charge is -2.07. The Labute approximate surface area is 134 Å². The monoisotopic (exact) mass is 326 g/mol. The molecule has 6 heteroatoms. The molecule has 0 radical (unpaired) electrons. The molecule has 4 nitrogen and oxygen atoms in total. The largest absolute Gasteiger partial charge is 0.383 e. The molecule has 0 unspecified atom stereocenters. The summed E-state index contributed by atoms with van der Waals surface area (Å²) in [6.07, 6.45) is 0. The molecule has 21 heavy (non-hydrogen) atoms. The number of carbonyl (C=O) groups excluding carboxylic acids is 1. The third kappa shape index (κ3) is 5.85. The lowest BCUT2D eigenvalue weighted by Crippen LogP contribution is -2.30. The molecule has 0 saturated heterocycles. The maximum absolute atomic E-state index is 11.8. The Hall–Kier alpha value is -1.40. The van der Waals surface area contributed by atoms with Gasteiger partial charge in [0.1, 0.15) is 0 Å². The Balaban J connectivity index is 0.00000220. The number of carbonyl (C=O) groups is 1. The summed E-state index contributed by atoms with van der Waals surface area (Å²) in [7, 11) is 1.64. The van der Waals surface area contributed by atoms with E-state index in [0.29, 0.717) is 13.2 Å². The summed E-state index contributed by atoms with van der Waals surface area (Å²) in [4.78, 5) is 13.0. The molecule has 0 atom stereocenters. The van der Waals surface area contributed by atoms with Crippen molar-refractivity contribution < 1.29 is 9.53 Å². The number of halogens is 1. The molecule has 1 aromatic carbocycles. The van der Waals surface area contributed by atoms with Crippen molar-refractivity contribution in [2.45, 2.75) is 0 Å². The number of rotatable bonds is 7. The minimum absolute atomic E-state index is 0. The van der Waals surface area contributed by atoms with Gasteiger partial charge in [-0.2, -0.15) is 0 Å². The van der Waals surface area contributed by atoms with Crippen LogP contribution in [0.15, 0.2) is 41.8 Å². The van der Waals surface area contributed by atoms with Crippen molar-refractivity contribution in [3.05, 3.63) is 41.8 Å². The SMILES string of the molecule is COCCNCC(=O)Nc1cccc(-c2cccs2)c1.Cl. The Morgan fingerprint density at radius 2 is 2.14 bits per heavy atom. The third-order valence-corrected chi connectivity index (χ3v) is 3.64. The number of amides is 1. The molecule has 0 saturated carbocycles. The first-order valence-corrected chi connectivity index (χ1v) is 7.31. The van der Waals surface area contributed by atoms with Crippen LogP contribution in [0.5, 0.6) is 0 Å². The molecule has 0 fully saturated rings. The fourth-order valence-corrected chi connectivity index (χ4v) is 2.50. The summed E-state index contributed by atoms with van der Waals surface area (Å²) >= 11 is 1.68. The summed E-state index contributed by atoms with van der Waals surface area (Å²) < 4.78 is 4.91. The fraction of sp³-hybridized carbons (Fsp3) is 0.267. The minimum Gasteiger partial charge on any atom is -0.383 e. The van der Waals surface area contributed by atoms with E-state index in [-0.39, 0.29) is 24.9 Å². The topological polar surface area (TPSA) is 50.4 Å². The normalized spacial score (nSPS) is 9.95. The van der Waals surface area contributed by atoms with Crippen LogP contribution in [-0.2, 0) is 9.53 Å². The van der Waals surface area contributed by atoms with Crippen molar-refractivity contribution in [2.75, 3.05) is 32.1 Å². The van der Waals surface area contributed by atoms with Gasteiger partial charge in [0, 0.05) is 24.2 Å². The molecule has 1 amide bonds. The van der Waals surface area contributed by atoms with E-state index < -0.39 is 0 Å². The maximum atomic E-state index is 11.8. The second-order valence-electron chi connectivity index (χ2n) is 4.28. The number of nitrogens with one attached hydrogen (secondary N) is 2. The van der Waals surface area contributed by atoms with Crippen LogP contribution >= 0.6 is 23.7 Å². The molecule has 2 N–H and O–H groups in total. The van der Waals surface area contributed by atoms with Crippen molar-refractivity contribution in [3.8, 4) is 10.4 Å². The summed E-state index contributed by atoms with van der Waals surface area (Å²) in [6, 6.07) is 12.0. The zero-order valence-electron chi connectivity index (χ0n) is 11.8. The van der Waals surface area contributed by atoms with E-state index in [1.165, 1.54) is 4.88 Å². The molecule has 0 bridgehead atoms. The molecule has 1 aromatic heterocycles. The average Bonchev–Trinajstić information content (AvgIpc) is 2.98. The lowest BCUT2D eigenvalue weighted by molar-refractivity contribution is -0.115. The van der Waals surface area contributed by atoms with Crippen molar-refractivity contribution >= 4 is 35.3 Å². The van der Waals surface area contributed by atoms with Gasteiger partial charge in [-0.15, -0.1) is 23.7 Å². The van der Waals surface area contributed by atoms with Gasteiger partial charge < -0.3 is 15.4 Å². The molecule has 1 heterocycles. The molecular weight excluding hydrogens is 308 g/mol. The standard InChI is InChI=1S/C15H18N2O2S.ClH/c1-19-8-7-16-11-15(18)17-13-5-2-4-12(10-13)14-6-3-9-20-14;/h2-6,9-10,16H,7-8,11H2,1H3,(H,17,18);1H. The second-order valence-corrected chi connectivity index (χ2v) is 5.22. The summed E-state index contributed by atoms with van der Waals surface area (Å²) in [6.45, 7) is 1.55. The Morgan fingerprint density at radius 1 is 1.29 bits per heavy atom. The molecule has 0 spiro atoms. The van der Waals surface area contributed by atoms with Crippen LogP contribution in [0, 0.1) is 0 Å².